The zero-order valence-electron chi connectivity index (χ0n) is 11.2. The van der Waals surface area contributed by atoms with E-state index in [1.165, 1.54) is 4.90 Å². The summed E-state index contributed by atoms with van der Waals surface area (Å²) in [5, 5.41) is 0. The molecule has 1 unspecified atom stereocenters. The maximum absolute atomic E-state index is 12.2. The molecule has 20 heavy (non-hydrogen) atoms. The number of para-hydroxylation sites is 1. The van der Waals surface area contributed by atoms with Gasteiger partial charge in [-0.2, -0.15) is 0 Å². The Morgan fingerprint density at radius 1 is 1.35 bits per heavy atom. The molecule has 1 aromatic rings. The number of hydrogen-bond donors (Lipinski definition) is 2. The molecule has 0 radical (unpaired) electrons. The number of aryl methyl sites for hydroxylation is 1. The number of amides is 2. The summed E-state index contributed by atoms with van der Waals surface area (Å²) >= 11 is 0. The van der Waals surface area contributed by atoms with Crippen molar-refractivity contribution in [1.29, 1.82) is 0 Å². The number of anilines is 1. The smallest absolute Gasteiger partial charge is 0.242 e. The predicted octanol–water partition coefficient (Wildman–Crippen LogP) is -0.0859. The molecule has 108 valence electrons. The molecule has 0 spiro atoms. The number of carbonyl (C=O) groups excluding carboxylic acids is 2. The summed E-state index contributed by atoms with van der Waals surface area (Å²) in [6, 6.07) is 6.78. The highest BCUT2D eigenvalue weighted by molar-refractivity contribution is 5.87. The van der Waals surface area contributed by atoms with Crippen molar-refractivity contribution in [3.8, 4) is 0 Å². The van der Waals surface area contributed by atoms with Crippen LogP contribution in [0.5, 0.6) is 0 Å². The maximum atomic E-state index is 12.2. The van der Waals surface area contributed by atoms with Crippen molar-refractivity contribution in [2.45, 2.75) is 18.9 Å². The van der Waals surface area contributed by atoms with Crippen molar-refractivity contribution in [3.05, 3.63) is 29.8 Å². The average molecular weight is 277 g/mol. The number of nitrogens with zero attached hydrogens (tertiary/aromatic N) is 1. The Morgan fingerprint density at radius 2 is 2.10 bits per heavy atom. The van der Waals surface area contributed by atoms with E-state index in [0.29, 0.717) is 31.7 Å². The van der Waals surface area contributed by atoms with Gasteiger partial charge in [-0.15, -0.1) is 0 Å². The van der Waals surface area contributed by atoms with Crippen LogP contribution < -0.4 is 11.5 Å². The number of primary amides is 1. The molecule has 1 saturated heterocycles. The van der Waals surface area contributed by atoms with Crippen LogP contribution in [0.3, 0.4) is 0 Å². The van der Waals surface area contributed by atoms with Gasteiger partial charge in [-0.25, -0.2) is 0 Å². The molecule has 0 bridgehead atoms. The lowest BCUT2D eigenvalue weighted by molar-refractivity contribution is -0.147. The lowest BCUT2D eigenvalue weighted by atomic mass is 10.1. The van der Waals surface area contributed by atoms with E-state index in [2.05, 4.69) is 0 Å². The van der Waals surface area contributed by atoms with Crippen LogP contribution >= 0.6 is 0 Å². The fourth-order valence-electron chi connectivity index (χ4n) is 2.28. The van der Waals surface area contributed by atoms with Crippen molar-refractivity contribution in [2.24, 2.45) is 5.73 Å². The molecule has 2 rings (SSSR count). The Morgan fingerprint density at radius 3 is 2.80 bits per heavy atom. The molecule has 2 amide bonds. The third-order valence-electron chi connectivity index (χ3n) is 3.44. The first-order chi connectivity index (χ1) is 9.59. The lowest BCUT2D eigenvalue weighted by Gasteiger charge is -2.33. The molecule has 1 fully saturated rings. The van der Waals surface area contributed by atoms with Gasteiger partial charge in [-0.3, -0.25) is 9.59 Å². The molecule has 6 heteroatoms. The number of hydrogen-bond acceptors (Lipinski definition) is 4. The normalized spacial score (nSPS) is 18.8. The van der Waals surface area contributed by atoms with E-state index in [1.54, 1.807) is 6.07 Å². The third kappa shape index (κ3) is 3.27. The van der Waals surface area contributed by atoms with E-state index in [4.69, 9.17) is 16.2 Å². The topological polar surface area (TPSA) is 98.7 Å². The van der Waals surface area contributed by atoms with Gasteiger partial charge in [-0.05, 0) is 18.1 Å². The number of benzene rings is 1. The van der Waals surface area contributed by atoms with Gasteiger partial charge in [0, 0.05) is 18.7 Å². The molecule has 1 aliphatic rings. The summed E-state index contributed by atoms with van der Waals surface area (Å²) in [7, 11) is 0. The Bertz CT molecular complexity index is 504. The highest BCUT2D eigenvalue weighted by atomic mass is 16.5. The SMILES string of the molecule is NC(=O)C1COCCN1C(=O)CCc1ccccc1N. The van der Waals surface area contributed by atoms with Gasteiger partial charge in [0.1, 0.15) is 6.04 Å². The summed E-state index contributed by atoms with van der Waals surface area (Å²) in [5.74, 6) is -0.627. The quantitative estimate of drug-likeness (QED) is 0.752. The molecule has 0 aromatic heterocycles. The van der Waals surface area contributed by atoms with Crippen LogP contribution in [-0.4, -0.2) is 42.5 Å². The molecular weight excluding hydrogens is 258 g/mol. The molecule has 0 aliphatic carbocycles. The molecule has 0 saturated carbocycles. The van der Waals surface area contributed by atoms with Crippen molar-refractivity contribution in [3.63, 3.8) is 0 Å². The van der Waals surface area contributed by atoms with Crippen molar-refractivity contribution < 1.29 is 14.3 Å². The van der Waals surface area contributed by atoms with E-state index in [0.717, 1.165) is 5.56 Å². The zero-order chi connectivity index (χ0) is 14.5. The second-order valence-electron chi connectivity index (χ2n) is 4.78. The molecule has 1 heterocycles. The van der Waals surface area contributed by atoms with Gasteiger partial charge in [0.2, 0.25) is 11.8 Å². The third-order valence-corrected chi connectivity index (χ3v) is 3.44. The van der Waals surface area contributed by atoms with Gasteiger partial charge in [-0.1, -0.05) is 18.2 Å². The number of carbonyl (C=O) groups is 2. The minimum atomic E-state index is -0.663. The van der Waals surface area contributed by atoms with Crippen molar-refractivity contribution in [1.82, 2.24) is 4.90 Å². The molecule has 6 nitrogen and oxygen atoms in total. The number of nitrogens with two attached hydrogens (primary N) is 2. The van der Waals surface area contributed by atoms with Crippen LogP contribution in [0.25, 0.3) is 0 Å². The van der Waals surface area contributed by atoms with E-state index >= 15 is 0 Å². The minimum Gasteiger partial charge on any atom is -0.399 e. The second kappa shape index (κ2) is 6.38. The standard InChI is InChI=1S/C14H19N3O3/c15-11-4-2-1-3-10(11)5-6-13(18)17-7-8-20-9-12(17)14(16)19/h1-4,12H,5-9,15H2,(H2,16,19). The summed E-state index contributed by atoms with van der Waals surface area (Å²) in [5.41, 5.74) is 12.7. The van der Waals surface area contributed by atoms with Crippen LogP contribution in [0.1, 0.15) is 12.0 Å². The first-order valence-electron chi connectivity index (χ1n) is 6.59. The van der Waals surface area contributed by atoms with E-state index < -0.39 is 11.9 Å². The molecular formula is C14H19N3O3. The van der Waals surface area contributed by atoms with E-state index in [1.807, 2.05) is 18.2 Å². The summed E-state index contributed by atoms with van der Waals surface area (Å²) in [6.07, 6.45) is 0.854. The molecule has 1 atom stereocenters. The average Bonchev–Trinajstić information content (AvgIpc) is 2.46. The Hall–Kier alpha value is -2.08. The second-order valence-corrected chi connectivity index (χ2v) is 4.78. The maximum Gasteiger partial charge on any atom is 0.242 e. The van der Waals surface area contributed by atoms with Crippen LogP contribution in [0.4, 0.5) is 5.69 Å². The molecule has 1 aliphatic heterocycles. The monoisotopic (exact) mass is 277 g/mol. The first kappa shape index (κ1) is 14.3. The van der Waals surface area contributed by atoms with Crippen LogP contribution in [-0.2, 0) is 20.7 Å². The van der Waals surface area contributed by atoms with Crippen LogP contribution in [0.15, 0.2) is 24.3 Å². The Balaban J connectivity index is 1.97. The van der Waals surface area contributed by atoms with Gasteiger partial charge in [0.05, 0.1) is 13.2 Å². The van der Waals surface area contributed by atoms with Gasteiger partial charge < -0.3 is 21.1 Å². The lowest BCUT2D eigenvalue weighted by Crippen LogP contribution is -2.54. The zero-order valence-corrected chi connectivity index (χ0v) is 11.2. The summed E-state index contributed by atoms with van der Waals surface area (Å²) < 4.78 is 5.19. The van der Waals surface area contributed by atoms with Crippen molar-refractivity contribution >= 4 is 17.5 Å². The highest BCUT2D eigenvalue weighted by Gasteiger charge is 2.30. The summed E-state index contributed by atoms with van der Waals surface area (Å²) in [4.78, 5) is 25.1. The van der Waals surface area contributed by atoms with E-state index in [9.17, 15) is 9.59 Å². The fourth-order valence-corrected chi connectivity index (χ4v) is 2.28. The first-order valence-corrected chi connectivity index (χ1v) is 6.59. The molecule has 4 N–H and O–H groups in total. The van der Waals surface area contributed by atoms with Crippen LogP contribution in [0, 0.1) is 0 Å². The fraction of sp³-hybridized carbons (Fsp3) is 0.429. The highest BCUT2D eigenvalue weighted by Crippen LogP contribution is 2.15. The van der Waals surface area contributed by atoms with E-state index in [-0.39, 0.29) is 12.5 Å². The Labute approximate surface area is 117 Å². The van der Waals surface area contributed by atoms with Gasteiger partial charge in [0.25, 0.3) is 0 Å². The minimum absolute atomic E-state index is 0.0969. The number of morpholine rings is 1. The molecule has 1 aromatic carbocycles. The number of nitrogen functional groups attached to an aromatic ring is 1. The largest absolute Gasteiger partial charge is 0.399 e. The number of ether oxygens (including phenoxy) is 1. The Kier molecular flexibility index (Phi) is 4.57. The van der Waals surface area contributed by atoms with Crippen LogP contribution in [0.2, 0.25) is 0 Å². The number of rotatable bonds is 4. The van der Waals surface area contributed by atoms with Gasteiger partial charge in [0.15, 0.2) is 0 Å². The summed E-state index contributed by atoms with van der Waals surface area (Å²) in [6.45, 7) is 1.01. The predicted molar refractivity (Wildman–Crippen MR) is 74.7 cm³/mol. The van der Waals surface area contributed by atoms with Crippen molar-refractivity contribution in [2.75, 3.05) is 25.5 Å². The van der Waals surface area contributed by atoms with Gasteiger partial charge >= 0.3 is 0 Å².